The third-order valence-electron chi connectivity index (χ3n) is 5.83. The molecule has 1 saturated carbocycles. The van der Waals surface area contributed by atoms with E-state index in [1.165, 1.54) is 4.90 Å². The minimum Gasteiger partial charge on any atom is -0.380 e. The number of aryl methyl sites for hydroxylation is 1. The van der Waals surface area contributed by atoms with E-state index >= 15 is 0 Å². The summed E-state index contributed by atoms with van der Waals surface area (Å²) in [6.07, 6.45) is 1.94. The van der Waals surface area contributed by atoms with Crippen molar-refractivity contribution in [3.63, 3.8) is 0 Å². The summed E-state index contributed by atoms with van der Waals surface area (Å²) in [7, 11) is 0. The van der Waals surface area contributed by atoms with Crippen molar-refractivity contribution in [1.82, 2.24) is 10.3 Å². The van der Waals surface area contributed by atoms with Crippen molar-refractivity contribution < 1.29 is 23.1 Å². The fraction of sp³-hybridized carbons (Fsp3) is 0.476. The van der Waals surface area contributed by atoms with Crippen LogP contribution in [0, 0.1) is 29.9 Å². The first-order valence-corrected chi connectivity index (χ1v) is 10.6. The smallest absolute Gasteiger partial charge is 0.271 e. The number of benzene rings is 1. The molecule has 0 unspecified atom stereocenters. The Kier molecular flexibility index (Phi) is 5.36. The number of hydrogen-bond donors (Lipinski definition) is 1. The molecular weight excluding hydrogens is 412 g/mol. The van der Waals surface area contributed by atoms with Crippen molar-refractivity contribution in [3.8, 4) is 0 Å². The summed E-state index contributed by atoms with van der Waals surface area (Å²) in [5.41, 5.74) is 0.288. The number of thiazole rings is 1. The molecule has 0 bridgehead atoms. The number of amides is 2. The Morgan fingerprint density at radius 1 is 1.23 bits per heavy atom. The maximum absolute atomic E-state index is 13.9. The monoisotopic (exact) mass is 435 g/mol. The predicted molar refractivity (Wildman–Crippen MR) is 109 cm³/mol. The zero-order valence-corrected chi connectivity index (χ0v) is 17.8. The Morgan fingerprint density at radius 2 is 1.90 bits per heavy atom. The molecule has 2 heterocycles. The maximum Gasteiger partial charge on any atom is 0.271 e. The molecule has 2 aliphatic rings. The predicted octanol–water partition coefficient (Wildman–Crippen LogP) is 3.96. The van der Waals surface area contributed by atoms with Gasteiger partial charge in [0.15, 0.2) is 5.13 Å². The second kappa shape index (κ2) is 7.70. The van der Waals surface area contributed by atoms with Gasteiger partial charge in [0, 0.05) is 17.0 Å². The summed E-state index contributed by atoms with van der Waals surface area (Å²) in [5.74, 6) is -2.70. The van der Waals surface area contributed by atoms with E-state index in [4.69, 9.17) is 4.74 Å². The molecule has 4 rings (SSSR count). The van der Waals surface area contributed by atoms with E-state index in [2.05, 4.69) is 24.1 Å². The van der Waals surface area contributed by atoms with Crippen molar-refractivity contribution in [2.45, 2.75) is 39.7 Å². The van der Waals surface area contributed by atoms with Gasteiger partial charge >= 0.3 is 0 Å². The lowest BCUT2D eigenvalue weighted by molar-refractivity contribution is -0.135. The molecule has 0 spiro atoms. The summed E-state index contributed by atoms with van der Waals surface area (Å²) in [4.78, 5) is 32.0. The lowest BCUT2D eigenvalue weighted by atomic mass is 9.67. The van der Waals surface area contributed by atoms with Crippen LogP contribution in [0.15, 0.2) is 18.2 Å². The summed E-state index contributed by atoms with van der Waals surface area (Å²) < 4.78 is 32.8. The fourth-order valence-corrected chi connectivity index (χ4v) is 4.54. The van der Waals surface area contributed by atoms with Crippen molar-refractivity contribution in [3.05, 3.63) is 40.4 Å². The topological polar surface area (TPSA) is 71.5 Å². The number of rotatable bonds is 5. The molecule has 9 heteroatoms. The number of anilines is 2. The van der Waals surface area contributed by atoms with Crippen LogP contribution < -0.4 is 10.2 Å². The number of ether oxygens (including phenoxy) is 1. The normalized spacial score (nSPS) is 20.2. The van der Waals surface area contributed by atoms with Crippen LogP contribution in [0.5, 0.6) is 0 Å². The average Bonchev–Trinajstić information content (AvgIpc) is 2.97. The number of nitrogens with zero attached hydrogens (tertiary/aromatic N) is 2. The van der Waals surface area contributed by atoms with Crippen molar-refractivity contribution in [2.24, 2.45) is 11.3 Å². The number of carbonyl (C=O) groups excluding carboxylic acids is 2. The van der Waals surface area contributed by atoms with Gasteiger partial charge in [0.25, 0.3) is 5.91 Å². The van der Waals surface area contributed by atoms with Crippen LogP contribution >= 0.6 is 11.3 Å². The van der Waals surface area contributed by atoms with Crippen LogP contribution in [-0.2, 0) is 9.53 Å². The molecule has 30 heavy (non-hydrogen) atoms. The quantitative estimate of drug-likeness (QED) is 0.772. The maximum atomic E-state index is 13.9. The third kappa shape index (κ3) is 3.83. The highest BCUT2D eigenvalue weighted by atomic mass is 32.1. The molecular formula is C21H23F2N3O3S. The van der Waals surface area contributed by atoms with E-state index in [9.17, 15) is 18.4 Å². The van der Waals surface area contributed by atoms with Crippen molar-refractivity contribution in [2.75, 3.05) is 18.1 Å². The molecule has 1 aliphatic heterocycles. The number of hydrogen-bond acceptors (Lipinski definition) is 5. The van der Waals surface area contributed by atoms with Crippen LogP contribution in [-0.4, -0.2) is 36.1 Å². The van der Waals surface area contributed by atoms with Gasteiger partial charge < -0.3 is 10.1 Å². The van der Waals surface area contributed by atoms with E-state index < -0.39 is 17.6 Å². The van der Waals surface area contributed by atoms with Crippen molar-refractivity contribution in [1.29, 1.82) is 0 Å². The minimum atomic E-state index is -0.800. The lowest BCUT2D eigenvalue weighted by Gasteiger charge is -2.44. The van der Waals surface area contributed by atoms with E-state index in [0.29, 0.717) is 4.88 Å². The largest absolute Gasteiger partial charge is 0.380 e. The molecule has 2 fully saturated rings. The van der Waals surface area contributed by atoms with Crippen LogP contribution in [0.2, 0.25) is 0 Å². The zero-order chi connectivity index (χ0) is 21.6. The molecule has 6 nitrogen and oxygen atoms in total. The highest BCUT2D eigenvalue weighted by Crippen LogP contribution is 2.40. The third-order valence-corrected chi connectivity index (χ3v) is 6.79. The number of halogens is 2. The van der Waals surface area contributed by atoms with Gasteiger partial charge in [-0.05, 0) is 37.3 Å². The summed E-state index contributed by atoms with van der Waals surface area (Å²) in [6, 6.07) is 2.96. The highest BCUT2D eigenvalue weighted by Gasteiger charge is 2.40. The molecule has 1 N–H and O–H groups in total. The Morgan fingerprint density at radius 3 is 2.40 bits per heavy atom. The Labute approximate surface area is 177 Å². The van der Waals surface area contributed by atoms with Crippen LogP contribution in [0.4, 0.5) is 19.6 Å². The van der Waals surface area contributed by atoms with Gasteiger partial charge in [-0.3, -0.25) is 14.5 Å². The van der Waals surface area contributed by atoms with Gasteiger partial charge in [-0.2, -0.15) is 0 Å². The highest BCUT2D eigenvalue weighted by molar-refractivity contribution is 7.16. The summed E-state index contributed by atoms with van der Waals surface area (Å²) in [6.45, 7) is 6.41. The second-order valence-corrected chi connectivity index (χ2v) is 9.67. The molecule has 2 aromatic rings. The zero-order valence-electron chi connectivity index (χ0n) is 17.0. The molecule has 1 aromatic carbocycles. The second-order valence-electron chi connectivity index (χ2n) is 8.49. The van der Waals surface area contributed by atoms with E-state index in [1.807, 2.05) is 0 Å². The number of nitrogens with one attached hydrogen (secondary N) is 1. The van der Waals surface area contributed by atoms with Crippen molar-refractivity contribution >= 4 is 34.0 Å². The Hall–Kier alpha value is -2.39. The fourth-order valence-electron chi connectivity index (χ4n) is 3.61. The van der Waals surface area contributed by atoms with E-state index in [-0.39, 0.29) is 53.0 Å². The van der Waals surface area contributed by atoms with Gasteiger partial charge in [0.05, 0.1) is 24.8 Å². The first kappa shape index (κ1) is 20.9. The van der Waals surface area contributed by atoms with Gasteiger partial charge in [-0.25, -0.2) is 13.8 Å². The molecule has 1 aromatic heterocycles. The number of carbonyl (C=O) groups is 2. The SMILES string of the molecule is Cc1sc(N(C(=O)C2COC2)c2cc(F)cc(F)c2)nc1C(=O)N[C@@H]1CCC1(C)C. The van der Waals surface area contributed by atoms with Gasteiger partial charge in [-0.15, -0.1) is 11.3 Å². The average molecular weight is 435 g/mol. The Balaban J connectivity index is 1.66. The van der Waals surface area contributed by atoms with Crippen LogP contribution in [0.3, 0.4) is 0 Å². The lowest BCUT2D eigenvalue weighted by Crippen LogP contribution is -2.52. The summed E-state index contributed by atoms with van der Waals surface area (Å²) in [5, 5.41) is 3.21. The molecule has 1 atom stereocenters. The van der Waals surface area contributed by atoms with E-state index in [1.54, 1.807) is 6.92 Å². The molecule has 1 aliphatic carbocycles. The molecule has 2 amide bonds. The first-order chi connectivity index (χ1) is 14.2. The molecule has 160 valence electrons. The number of aromatic nitrogens is 1. The van der Waals surface area contributed by atoms with Gasteiger partial charge in [0.2, 0.25) is 5.91 Å². The molecule has 1 saturated heterocycles. The Bertz CT molecular complexity index is 983. The van der Waals surface area contributed by atoms with Gasteiger partial charge in [-0.1, -0.05) is 13.8 Å². The molecule has 0 radical (unpaired) electrons. The minimum absolute atomic E-state index is 0.0326. The van der Waals surface area contributed by atoms with Gasteiger partial charge in [0.1, 0.15) is 17.3 Å². The first-order valence-electron chi connectivity index (χ1n) is 9.82. The van der Waals surface area contributed by atoms with E-state index in [0.717, 1.165) is 42.4 Å². The van der Waals surface area contributed by atoms with Crippen LogP contribution in [0.25, 0.3) is 0 Å². The standard InChI is InChI=1S/C21H23F2N3O3S/c1-11-17(18(27)24-16-4-5-21(16,2)3)25-20(30-11)26(19(28)12-9-29-10-12)15-7-13(22)6-14(23)8-15/h6-8,12,16H,4-5,9-10H2,1-3H3,(H,24,27)/t16-/m1/s1. The van der Waals surface area contributed by atoms with Crippen LogP contribution in [0.1, 0.15) is 42.1 Å². The summed E-state index contributed by atoms with van der Waals surface area (Å²) >= 11 is 1.14.